The van der Waals surface area contributed by atoms with Crippen molar-refractivity contribution in [2.75, 3.05) is 27.2 Å². The van der Waals surface area contributed by atoms with Crippen molar-refractivity contribution < 1.29 is 9.53 Å². The number of likely N-dealkylation sites (tertiary alicyclic amines) is 1. The molecule has 1 atom stereocenters. The number of nitrogens with one attached hydrogen (secondary N) is 2. The highest BCUT2D eigenvalue weighted by atomic mass is 127. The zero-order valence-corrected chi connectivity index (χ0v) is 19.6. The molecule has 1 amide bonds. The molecule has 1 aromatic rings. The number of guanidine groups is 1. The van der Waals surface area contributed by atoms with Crippen molar-refractivity contribution in [1.29, 1.82) is 0 Å². The van der Waals surface area contributed by atoms with Gasteiger partial charge in [0.2, 0.25) is 5.91 Å². The van der Waals surface area contributed by atoms with Crippen LogP contribution in [0.4, 0.5) is 0 Å². The molecule has 26 heavy (non-hydrogen) atoms. The molecule has 1 aromatic carbocycles. The summed E-state index contributed by atoms with van der Waals surface area (Å²) in [5, 5.41) is 6.72. The molecule has 0 radical (unpaired) electrons. The minimum absolute atomic E-state index is 0. The molecule has 1 fully saturated rings. The Morgan fingerprint density at radius 2 is 2.19 bits per heavy atom. The van der Waals surface area contributed by atoms with E-state index in [0.717, 1.165) is 41.3 Å². The number of rotatable bonds is 5. The van der Waals surface area contributed by atoms with Gasteiger partial charge >= 0.3 is 0 Å². The lowest BCUT2D eigenvalue weighted by Gasteiger charge is -2.20. The van der Waals surface area contributed by atoms with Crippen LogP contribution < -0.4 is 15.4 Å². The molecule has 0 spiro atoms. The van der Waals surface area contributed by atoms with Crippen molar-refractivity contribution in [2.24, 2.45) is 10.9 Å². The number of amides is 1. The second-order valence-corrected chi connectivity index (χ2v) is 7.37. The van der Waals surface area contributed by atoms with Crippen LogP contribution in [0.5, 0.6) is 5.75 Å². The number of aliphatic imine (C=N–C) groups is 1. The number of ether oxygens (including phenoxy) is 1. The van der Waals surface area contributed by atoms with Crippen molar-refractivity contribution in [1.82, 2.24) is 15.5 Å². The van der Waals surface area contributed by atoms with Crippen LogP contribution in [-0.2, 0) is 11.3 Å². The molecule has 2 rings (SSSR count). The van der Waals surface area contributed by atoms with Gasteiger partial charge in [0, 0.05) is 48.7 Å². The summed E-state index contributed by atoms with van der Waals surface area (Å²) in [7, 11) is 3.41. The van der Waals surface area contributed by atoms with Gasteiger partial charge < -0.3 is 20.3 Å². The Labute approximate surface area is 181 Å². The number of hydrogen-bond donors (Lipinski definition) is 2. The highest BCUT2D eigenvalue weighted by Crippen LogP contribution is 2.22. The third-order valence-electron chi connectivity index (χ3n) is 4.25. The van der Waals surface area contributed by atoms with E-state index in [2.05, 4.69) is 31.6 Å². The predicted molar refractivity (Wildman–Crippen MR) is 119 cm³/mol. The van der Waals surface area contributed by atoms with Crippen molar-refractivity contribution in [3.8, 4) is 5.75 Å². The number of benzene rings is 1. The van der Waals surface area contributed by atoms with Gasteiger partial charge in [-0.05, 0) is 24.6 Å². The van der Waals surface area contributed by atoms with E-state index in [1.807, 2.05) is 36.9 Å². The normalized spacial score (nSPS) is 17.1. The van der Waals surface area contributed by atoms with Gasteiger partial charge in [0.05, 0.1) is 7.11 Å². The molecule has 0 saturated carbocycles. The van der Waals surface area contributed by atoms with Crippen LogP contribution in [0, 0.1) is 5.92 Å². The molecule has 6 nitrogen and oxygen atoms in total. The molecule has 1 unspecified atom stereocenters. The van der Waals surface area contributed by atoms with Gasteiger partial charge in [0.1, 0.15) is 5.75 Å². The van der Waals surface area contributed by atoms with Crippen LogP contribution in [0.3, 0.4) is 0 Å². The molecule has 1 heterocycles. The maximum atomic E-state index is 12.1. The van der Waals surface area contributed by atoms with E-state index < -0.39 is 0 Å². The number of nitrogens with zero attached hydrogens (tertiary/aromatic N) is 2. The van der Waals surface area contributed by atoms with Gasteiger partial charge in [-0.3, -0.25) is 9.79 Å². The molecule has 2 N–H and O–H groups in total. The Morgan fingerprint density at radius 3 is 2.81 bits per heavy atom. The third-order valence-corrected chi connectivity index (χ3v) is 4.74. The van der Waals surface area contributed by atoms with Crippen LogP contribution >= 0.6 is 39.9 Å². The summed E-state index contributed by atoms with van der Waals surface area (Å²) >= 11 is 3.49. The maximum Gasteiger partial charge on any atom is 0.225 e. The minimum atomic E-state index is 0. The van der Waals surface area contributed by atoms with Gasteiger partial charge in [0.25, 0.3) is 0 Å². The minimum Gasteiger partial charge on any atom is -0.496 e. The summed E-state index contributed by atoms with van der Waals surface area (Å²) in [5.74, 6) is 1.82. The summed E-state index contributed by atoms with van der Waals surface area (Å²) in [5.41, 5.74) is 1.04. The van der Waals surface area contributed by atoms with E-state index in [-0.39, 0.29) is 41.8 Å². The Hall–Kier alpha value is -1.03. The molecule has 1 aliphatic heterocycles. The maximum absolute atomic E-state index is 12.1. The van der Waals surface area contributed by atoms with Gasteiger partial charge in [-0.25, -0.2) is 0 Å². The Bertz CT molecular complexity index is 640. The van der Waals surface area contributed by atoms with E-state index in [1.54, 1.807) is 14.2 Å². The van der Waals surface area contributed by atoms with E-state index in [1.165, 1.54) is 0 Å². The second kappa shape index (κ2) is 11.0. The zero-order valence-electron chi connectivity index (χ0n) is 15.7. The summed E-state index contributed by atoms with van der Waals surface area (Å²) in [6.45, 7) is 6.00. The second-order valence-electron chi connectivity index (χ2n) is 6.45. The molecule has 0 bridgehead atoms. The lowest BCUT2D eigenvalue weighted by atomic mass is 10.2. The molecular weight excluding hydrogens is 511 g/mol. The molecular formula is C18H28BrIN4O2. The average molecular weight is 539 g/mol. The summed E-state index contributed by atoms with van der Waals surface area (Å²) in [4.78, 5) is 18.3. The molecule has 1 saturated heterocycles. The van der Waals surface area contributed by atoms with Gasteiger partial charge in [-0.2, -0.15) is 0 Å². The SMILES string of the molecule is CN=C(NCc1cc(Br)ccc1OC)NC1CCN(C(=O)C(C)C)C1.I. The van der Waals surface area contributed by atoms with Gasteiger partial charge in [0.15, 0.2) is 5.96 Å². The van der Waals surface area contributed by atoms with Crippen LogP contribution in [-0.4, -0.2) is 50.1 Å². The monoisotopic (exact) mass is 538 g/mol. The summed E-state index contributed by atoms with van der Waals surface area (Å²) in [6, 6.07) is 6.13. The first-order valence-electron chi connectivity index (χ1n) is 8.53. The third kappa shape index (κ3) is 6.29. The molecule has 0 aromatic heterocycles. The zero-order chi connectivity index (χ0) is 18.4. The van der Waals surface area contributed by atoms with Crippen LogP contribution in [0.15, 0.2) is 27.7 Å². The number of halogens is 2. The number of hydrogen-bond acceptors (Lipinski definition) is 3. The van der Waals surface area contributed by atoms with E-state index in [0.29, 0.717) is 6.54 Å². The highest BCUT2D eigenvalue weighted by Gasteiger charge is 2.27. The van der Waals surface area contributed by atoms with Crippen molar-refractivity contribution >= 4 is 51.8 Å². The Balaban J connectivity index is 0.00000338. The van der Waals surface area contributed by atoms with Crippen LogP contribution in [0.1, 0.15) is 25.8 Å². The lowest BCUT2D eigenvalue weighted by Crippen LogP contribution is -2.45. The highest BCUT2D eigenvalue weighted by molar-refractivity contribution is 14.0. The Kier molecular flexibility index (Phi) is 9.70. The predicted octanol–water partition coefficient (Wildman–Crippen LogP) is 3.00. The fourth-order valence-corrected chi connectivity index (χ4v) is 3.30. The lowest BCUT2D eigenvalue weighted by molar-refractivity contribution is -0.133. The first-order valence-corrected chi connectivity index (χ1v) is 9.32. The van der Waals surface area contributed by atoms with E-state index >= 15 is 0 Å². The van der Waals surface area contributed by atoms with Crippen molar-refractivity contribution in [3.63, 3.8) is 0 Å². The topological polar surface area (TPSA) is 66.0 Å². The first kappa shape index (κ1) is 23.0. The van der Waals surface area contributed by atoms with Crippen LogP contribution in [0.25, 0.3) is 0 Å². The average Bonchev–Trinajstić information content (AvgIpc) is 3.06. The van der Waals surface area contributed by atoms with Gasteiger partial charge in [-0.15, -0.1) is 24.0 Å². The van der Waals surface area contributed by atoms with Crippen LogP contribution in [0.2, 0.25) is 0 Å². The van der Waals surface area contributed by atoms with Crippen molar-refractivity contribution in [3.05, 3.63) is 28.2 Å². The Morgan fingerprint density at radius 1 is 1.46 bits per heavy atom. The first-order chi connectivity index (χ1) is 11.9. The number of carbonyl (C=O) groups excluding carboxylic acids is 1. The number of carbonyl (C=O) groups is 1. The molecule has 146 valence electrons. The fourth-order valence-electron chi connectivity index (χ4n) is 2.90. The van der Waals surface area contributed by atoms with E-state index in [9.17, 15) is 4.79 Å². The summed E-state index contributed by atoms with van der Waals surface area (Å²) < 4.78 is 6.40. The van der Waals surface area contributed by atoms with Gasteiger partial charge in [-0.1, -0.05) is 29.8 Å². The molecule has 1 aliphatic rings. The smallest absolute Gasteiger partial charge is 0.225 e. The quantitative estimate of drug-likeness (QED) is 0.343. The molecule has 8 heteroatoms. The number of methoxy groups -OCH3 is 1. The standard InChI is InChI=1S/C18H27BrN4O2.HI/c1-12(2)17(24)23-8-7-15(11-23)22-18(20-3)21-10-13-9-14(19)5-6-16(13)25-4;/h5-6,9,12,15H,7-8,10-11H2,1-4H3,(H2,20,21,22);1H. The largest absolute Gasteiger partial charge is 0.496 e. The van der Waals surface area contributed by atoms with Crippen molar-refractivity contribution in [2.45, 2.75) is 32.9 Å². The molecule has 0 aliphatic carbocycles. The fraction of sp³-hybridized carbons (Fsp3) is 0.556. The van der Waals surface area contributed by atoms with E-state index in [4.69, 9.17) is 4.74 Å². The summed E-state index contributed by atoms with van der Waals surface area (Å²) in [6.07, 6.45) is 0.930.